The molecule has 0 amide bonds. The fourth-order valence-corrected chi connectivity index (χ4v) is 6.27. The highest BCUT2D eigenvalue weighted by Crippen LogP contribution is 2.39. The highest BCUT2D eigenvalue weighted by atomic mass is 28.3. The van der Waals surface area contributed by atoms with Gasteiger partial charge in [-0.05, 0) is 40.7 Å². The van der Waals surface area contributed by atoms with Crippen LogP contribution in [0, 0.1) is 19.3 Å². The highest BCUT2D eigenvalue weighted by molar-refractivity contribution is 6.91. The molecular weight excluding hydrogens is 356 g/mol. The van der Waals surface area contributed by atoms with Crippen LogP contribution in [0.25, 0.3) is 17.2 Å². The average Bonchev–Trinajstić information content (AvgIpc) is 2.97. The van der Waals surface area contributed by atoms with E-state index in [0.29, 0.717) is 5.92 Å². The minimum Gasteiger partial charge on any atom is -0.0656 e. The summed E-state index contributed by atoms with van der Waals surface area (Å²) in [6, 6.07) is 12.1. The van der Waals surface area contributed by atoms with Crippen molar-refractivity contribution in [3.05, 3.63) is 59.0 Å². The van der Waals surface area contributed by atoms with Gasteiger partial charge in [0.15, 0.2) is 0 Å². The highest BCUT2D eigenvalue weighted by Gasteiger charge is 2.25. The third-order valence-corrected chi connectivity index (χ3v) is 9.78. The smallest absolute Gasteiger partial charge is 0.0656 e. The van der Waals surface area contributed by atoms with Gasteiger partial charge in [-0.25, -0.2) is 0 Å². The molecule has 0 N–H and O–H groups in total. The standard InChI is InChI=1S/C25H35Si2/c1-17(2)20-12-19-11-10-18(3)25(24(19)15-20)21-13-22(26(4,5)6)16-23(14-21)27(7,8)9/h10-17H,1-9H3. The van der Waals surface area contributed by atoms with E-state index >= 15 is 0 Å². The number of aryl methyl sites for hydroxylation is 1. The molecule has 0 aromatic heterocycles. The van der Waals surface area contributed by atoms with Gasteiger partial charge in [0.1, 0.15) is 0 Å². The summed E-state index contributed by atoms with van der Waals surface area (Å²) in [5, 5.41) is 3.17. The predicted octanol–water partition coefficient (Wildman–Crippen LogP) is 6.36. The largest absolute Gasteiger partial charge is 0.0776 e. The molecular formula is C25H35Si2. The van der Waals surface area contributed by atoms with Crippen molar-refractivity contribution in [2.45, 2.75) is 60.1 Å². The van der Waals surface area contributed by atoms with E-state index in [9.17, 15) is 0 Å². The molecule has 0 saturated carbocycles. The van der Waals surface area contributed by atoms with Gasteiger partial charge in [-0.1, -0.05) is 105 Å². The van der Waals surface area contributed by atoms with Crippen molar-refractivity contribution in [1.82, 2.24) is 0 Å². The predicted molar refractivity (Wildman–Crippen MR) is 129 cm³/mol. The second-order valence-electron chi connectivity index (χ2n) is 10.5. The summed E-state index contributed by atoms with van der Waals surface area (Å²) in [5.74, 6) is 0.566. The lowest BCUT2D eigenvalue weighted by atomic mass is 9.93. The summed E-state index contributed by atoms with van der Waals surface area (Å²) in [5.41, 5.74) is 8.51. The van der Waals surface area contributed by atoms with E-state index in [0.717, 1.165) is 0 Å². The first-order chi connectivity index (χ1) is 12.4. The van der Waals surface area contributed by atoms with Crippen LogP contribution in [0.4, 0.5) is 0 Å². The Morgan fingerprint density at radius 3 is 1.81 bits per heavy atom. The van der Waals surface area contributed by atoms with Crippen molar-refractivity contribution < 1.29 is 0 Å². The molecule has 0 aliphatic heterocycles. The van der Waals surface area contributed by atoms with E-state index in [1.54, 1.807) is 10.4 Å². The normalized spacial score (nSPS) is 14.5. The number of hydrogen-bond acceptors (Lipinski definition) is 0. The van der Waals surface area contributed by atoms with Gasteiger partial charge >= 0.3 is 0 Å². The van der Waals surface area contributed by atoms with Gasteiger partial charge in [-0.15, -0.1) is 0 Å². The maximum atomic E-state index is 2.53. The molecule has 3 rings (SSSR count). The summed E-state index contributed by atoms with van der Waals surface area (Å²) in [4.78, 5) is 0. The Bertz CT molecular complexity index is 871. The van der Waals surface area contributed by atoms with Gasteiger partial charge in [-0.2, -0.15) is 0 Å². The number of hydrogen-bond donors (Lipinski definition) is 0. The summed E-state index contributed by atoms with van der Waals surface area (Å²) in [7, 11) is -2.77. The summed E-state index contributed by atoms with van der Waals surface area (Å²) in [6.45, 7) is 21.6. The number of fused-ring (bicyclic) bond motifs is 1. The molecule has 0 heterocycles. The topological polar surface area (TPSA) is 0 Å². The van der Waals surface area contributed by atoms with Crippen molar-refractivity contribution in [2.24, 2.45) is 5.92 Å². The molecule has 0 atom stereocenters. The third kappa shape index (κ3) is 4.07. The van der Waals surface area contributed by atoms with E-state index in [2.05, 4.69) is 103 Å². The second-order valence-corrected chi connectivity index (χ2v) is 20.7. The number of allylic oxidation sites excluding steroid dienone is 1. The average molecular weight is 392 g/mol. The molecule has 0 nitrogen and oxygen atoms in total. The molecule has 0 unspecified atom stereocenters. The van der Waals surface area contributed by atoms with Gasteiger partial charge in [0, 0.05) is 6.42 Å². The second kappa shape index (κ2) is 6.90. The summed E-state index contributed by atoms with van der Waals surface area (Å²) in [6.07, 6.45) is 4.81. The van der Waals surface area contributed by atoms with E-state index in [1.807, 2.05) is 0 Å². The van der Waals surface area contributed by atoms with Gasteiger partial charge < -0.3 is 0 Å². The molecule has 2 heteroatoms. The molecule has 0 spiro atoms. The van der Waals surface area contributed by atoms with Gasteiger partial charge in [0.2, 0.25) is 0 Å². The first-order valence-electron chi connectivity index (χ1n) is 10.2. The van der Waals surface area contributed by atoms with E-state index < -0.39 is 16.1 Å². The molecule has 143 valence electrons. The first-order valence-corrected chi connectivity index (χ1v) is 17.2. The van der Waals surface area contributed by atoms with Crippen LogP contribution >= 0.6 is 0 Å². The van der Waals surface area contributed by atoms with E-state index in [1.165, 1.54) is 33.4 Å². The van der Waals surface area contributed by atoms with Crippen LogP contribution < -0.4 is 10.4 Å². The summed E-state index contributed by atoms with van der Waals surface area (Å²) >= 11 is 0. The maximum Gasteiger partial charge on any atom is 0.0776 e. The minimum atomic E-state index is -1.38. The zero-order valence-electron chi connectivity index (χ0n) is 18.6. The monoisotopic (exact) mass is 391 g/mol. The van der Waals surface area contributed by atoms with Crippen molar-refractivity contribution in [2.75, 3.05) is 0 Å². The Kier molecular flexibility index (Phi) is 5.20. The van der Waals surface area contributed by atoms with E-state index in [-0.39, 0.29) is 0 Å². The fraction of sp³-hybridized carbons (Fsp3) is 0.400. The zero-order chi connectivity index (χ0) is 20.1. The van der Waals surface area contributed by atoms with Crippen LogP contribution in [0.3, 0.4) is 0 Å². The Hall–Kier alpha value is -1.39. The SMILES string of the molecule is Cc1ccc2c(c1-c1cc([Si](C)(C)C)cc([Si](C)(C)C)c1)C=C(C(C)C)[CH]2. The lowest BCUT2D eigenvalue weighted by Gasteiger charge is -2.25. The molecule has 1 aliphatic carbocycles. The zero-order valence-corrected chi connectivity index (χ0v) is 20.6. The van der Waals surface area contributed by atoms with Crippen LogP contribution in [-0.2, 0) is 0 Å². The van der Waals surface area contributed by atoms with Gasteiger partial charge in [-0.3, -0.25) is 0 Å². The van der Waals surface area contributed by atoms with Crippen molar-refractivity contribution in [3.8, 4) is 11.1 Å². The molecule has 27 heavy (non-hydrogen) atoms. The molecule has 1 aliphatic rings. The molecule has 2 aromatic carbocycles. The molecule has 1 radical (unpaired) electrons. The molecule has 0 saturated heterocycles. The number of benzene rings is 2. The van der Waals surface area contributed by atoms with Crippen LogP contribution in [0.15, 0.2) is 35.9 Å². The first kappa shape index (κ1) is 20.4. The Labute approximate surface area is 168 Å². The minimum absolute atomic E-state index is 0.566. The molecule has 0 fully saturated rings. The van der Waals surface area contributed by atoms with Crippen molar-refractivity contribution >= 4 is 32.6 Å². The third-order valence-electron chi connectivity index (χ3n) is 5.74. The molecule has 0 bridgehead atoms. The van der Waals surface area contributed by atoms with Crippen LogP contribution in [-0.4, -0.2) is 16.1 Å². The maximum absolute atomic E-state index is 2.53. The lowest BCUT2D eigenvalue weighted by Crippen LogP contribution is -2.45. The van der Waals surface area contributed by atoms with Crippen LogP contribution in [0.1, 0.15) is 30.5 Å². The fourth-order valence-electron chi connectivity index (χ4n) is 3.77. The molecule has 2 aromatic rings. The quantitative estimate of drug-likeness (QED) is 0.532. The van der Waals surface area contributed by atoms with E-state index in [4.69, 9.17) is 0 Å². The Balaban J connectivity index is 2.28. The summed E-state index contributed by atoms with van der Waals surface area (Å²) < 4.78 is 0. The van der Waals surface area contributed by atoms with Crippen molar-refractivity contribution in [3.63, 3.8) is 0 Å². The van der Waals surface area contributed by atoms with Gasteiger partial charge in [0.05, 0.1) is 16.1 Å². The van der Waals surface area contributed by atoms with Crippen LogP contribution in [0.2, 0.25) is 39.3 Å². The van der Waals surface area contributed by atoms with Crippen LogP contribution in [0.5, 0.6) is 0 Å². The number of rotatable bonds is 4. The van der Waals surface area contributed by atoms with Gasteiger partial charge in [0.25, 0.3) is 0 Å². The lowest BCUT2D eigenvalue weighted by molar-refractivity contribution is 0.789. The Morgan fingerprint density at radius 1 is 0.778 bits per heavy atom. The Morgan fingerprint density at radius 2 is 1.33 bits per heavy atom. The van der Waals surface area contributed by atoms with Crippen molar-refractivity contribution in [1.29, 1.82) is 0 Å².